The van der Waals surface area contributed by atoms with Crippen LogP contribution < -0.4 is 20.3 Å². The summed E-state index contributed by atoms with van der Waals surface area (Å²) in [6, 6.07) is 7.19. The van der Waals surface area contributed by atoms with Crippen LogP contribution in [0.5, 0.6) is 5.75 Å². The molecule has 1 aromatic heterocycles. The van der Waals surface area contributed by atoms with E-state index in [-0.39, 0.29) is 12.3 Å². The van der Waals surface area contributed by atoms with Crippen LogP contribution in [0.15, 0.2) is 35.7 Å². The fourth-order valence-electron chi connectivity index (χ4n) is 2.98. The summed E-state index contributed by atoms with van der Waals surface area (Å²) in [6.07, 6.45) is -3.48. The van der Waals surface area contributed by atoms with Crippen LogP contribution in [0, 0.1) is 0 Å². The predicted molar refractivity (Wildman–Crippen MR) is 98.4 cm³/mol. The zero-order valence-corrected chi connectivity index (χ0v) is 15.5. The number of imide groups is 1. The first-order valence-electron chi connectivity index (χ1n) is 8.54. The number of anilines is 1. The second kappa shape index (κ2) is 8.51. The van der Waals surface area contributed by atoms with E-state index >= 15 is 0 Å². The van der Waals surface area contributed by atoms with Crippen LogP contribution in [0.4, 0.5) is 23.7 Å². The third-order valence-electron chi connectivity index (χ3n) is 4.09. The number of thiophene rings is 1. The third-order valence-corrected chi connectivity index (χ3v) is 4.97. The third kappa shape index (κ3) is 5.62. The van der Waals surface area contributed by atoms with E-state index in [1.807, 2.05) is 17.5 Å². The lowest BCUT2D eigenvalue weighted by molar-refractivity contribution is -0.274. The first kappa shape index (κ1) is 20.0. The minimum Gasteiger partial charge on any atom is -0.406 e. The fourth-order valence-corrected chi connectivity index (χ4v) is 3.62. The van der Waals surface area contributed by atoms with Gasteiger partial charge in [0.1, 0.15) is 5.75 Å². The highest BCUT2D eigenvalue weighted by molar-refractivity contribution is 7.09. The molecule has 28 heavy (non-hydrogen) atoms. The van der Waals surface area contributed by atoms with Crippen molar-refractivity contribution in [3.05, 3.63) is 46.2 Å². The summed E-state index contributed by atoms with van der Waals surface area (Å²) in [5.41, 5.74) is 1.33. The van der Waals surface area contributed by atoms with Gasteiger partial charge in [0.15, 0.2) is 0 Å². The van der Waals surface area contributed by atoms with Crippen molar-refractivity contribution < 1.29 is 27.5 Å². The van der Waals surface area contributed by atoms with E-state index < -0.39 is 18.3 Å². The van der Waals surface area contributed by atoms with Crippen molar-refractivity contribution in [2.24, 2.45) is 0 Å². The number of ether oxygens (including phenoxy) is 1. The molecule has 150 valence electrons. The summed E-state index contributed by atoms with van der Waals surface area (Å²) in [5.74, 6) is -0.780. The largest absolute Gasteiger partial charge is 0.573 e. The molecule has 1 aliphatic heterocycles. The number of aryl methyl sites for hydroxylation is 1. The van der Waals surface area contributed by atoms with Crippen LogP contribution in [0.3, 0.4) is 0 Å². The van der Waals surface area contributed by atoms with Crippen molar-refractivity contribution in [3.63, 3.8) is 0 Å². The van der Waals surface area contributed by atoms with Crippen LogP contribution in [-0.4, -0.2) is 31.4 Å². The van der Waals surface area contributed by atoms with Gasteiger partial charge in [-0.15, -0.1) is 24.5 Å². The van der Waals surface area contributed by atoms with Gasteiger partial charge in [-0.1, -0.05) is 6.07 Å². The number of amides is 3. The second-order valence-corrected chi connectivity index (χ2v) is 7.21. The van der Waals surface area contributed by atoms with Crippen LogP contribution in [0.1, 0.15) is 16.9 Å². The Labute approximate surface area is 163 Å². The predicted octanol–water partition coefficient (Wildman–Crippen LogP) is 3.43. The molecule has 3 rings (SSSR count). The Morgan fingerprint density at radius 2 is 2.07 bits per heavy atom. The Morgan fingerprint density at radius 1 is 1.25 bits per heavy atom. The molecule has 0 unspecified atom stereocenters. The van der Waals surface area contributed by atoms with Crippen molar-refractivity contribution in [1.29, 1.82) is 0 Å². The molecule has 1 aliphatic rings. The molecule has 6 nitrogen and oxygen atoms in total. The molecule has 2 heterocycles. The molecule has 0 bridgehead atoms. The highest BCUT2D eigenvalue weighted by Crippen LogP contribution is 2.32. The topological polar surface area (TPSA) is 70.7 Å². The van der Waals surface area contributed by atoms with Crippen molar-refractivity contribution in [3.8, 4) is 5.75 Å². The number of hydrogen-bond donors (Lipinski definition) is 2. The van der Waals surface area contributed by atoms with Crippen LogP contribution >= 0.6 is 11.3 Å². The average Bonchev–Trinajstić information content (AvgIpc) is 3.12. The molecule has 1 aromatic carbocycles. The fraction of sp³-hybridized carbons (Fsp3) is 0.333. The van der Waals surface area contributed by atoms with E-state index in [0.29, 0.717) is 37.2 Å². The van der Waals surface area contributed by atoms with Crippen molar-refractivity contribution >= 4 is 29.0 Å². The molecular weight excluding hydrogens is 395 g/mol. The minimum atomic E-state index is -4.75. The number of rotatable bonds is 5. The van der Waals surface area contributed by atoms with Gasteiger partial charge in [-0.25, -0.2) is 4.79 Å². The molecule has 2 aromatic rings. The molecule has 0 radical (unpaired) electrons. The second-order valence-electron chi connectivity index (χ2n) is 6.17. The average molecular weight is 413 g/mol. The standard InChI is InChI=1S/C18H18F3N3O3S/c19-18(20,21)27-13-5-6-15-12(9-13)3-1-7-24(15)11-16(25)23-17(26)22-10-14-4-2-8-28-14/h2,4-6,8-9H,1,3,7,10-11H2,(H2,22,23,25,26). The molecule has 3 amide bonds. The van der Waals surface area contributed by atoms with Gasteiger partial charge in [0.25, 0.3) is 0 Å². The first-order chi connectivity index (χ1) is 13.3. The zero-order chi connectivity index (χ0) is 20.1. The SMILES string of the molecule is O=C(CN1CCCc2cc(OC(F)(F)F)ccc21)NC(=O)NCc1cccs1. The number of nitrogens with zero attached hydrogens (tertiary/aromatic N) is 1. The van der Waals surface area contributed by atoms with E-state index in [0.717, 1.165) is 4.88 Å². The number of urea groups is 1. The summed E-state index contributed by atoms with van der Waals surface area (Å²) in [7, 11) is 0. The highest BCUT2D eigenvalue weighted by Gasteiger charge is 2.31. The van der Waals surface area contributed by atoms with E-state index in [4.69, 9.17) is 0 Å². The van der Waals surface area contributed by atoms with Gasteiger partial charge in [0, 0.05) is 17.1 Å². The zero-order valence-electron chi connectivity index (χ0n) is 14.7. The van der Waals surface area contributed by atoms with E-state index in [9.17, 15) is 22.8 Å². The monoisotopic (exact) mass is 413 g/mol. The first-order valence-corrected chi connectivity index (χ1v) is 9.42. The number of benzene rings is 1. The molecule has 0 saturated carbocycles. The molecule has 0 spiro atoms. The van der Waals surface area contributed by atoms with E-state index in [2.05, 4.69) is 15.4 Å². The van der Waals surface area contributed by atoms with Gasteiger partial charge >= 0.3 is 12.4 Å². The Hall–Kier alpha value is -2.75. The van der Waals surface area contributed by atoms with Crippen LogP contribution in [0.2, 0.25) is 0 Å². The number of nitrogens with one attached hydrogen (secondary N) is 2. The van der Waals surface area contributed by atoms with Gasteiger partial charge in [-0.3, -0.25) is 10.1 Å². The quantitative estimate of drug-likeness (QED) is 0.788. The molecule has 0 atom stereocenters. The summed E-state index contributed by atoms with van der Waals surface area (Å²) >= 11 is 1.49. The van der Waals surface area contributed by atoms with Gasteiger partial charge < -0.3 is 15.0 Å². The number of carbonyl (C=O) groups is 2. The summed E-state index contributed by atoms with van der Waals surface area (Å²) in [6.45, 7) is 0.820. The van der Waals surface area contributed by atoms with E-state index in [1.54, 1.807) is 4.90 Å². The maximum absolute atomic E-state index is 12.4. The van der Waals surface area contributed by atoms with Crippen LogP contribution in [0.25, 0.3) is 0 Å². The molecule has 0 fully saturated rings. The maximum atomic E-state index is 12.4. The summed E-state index contributed by atoms with van der Waals surface area (Å²) < 4.78 is 41.1. The lowest BCUT2D eigenvalue weighted by atomic mass is 10.0. The molecule has 10 heteroatoms. The van der Waals surface area contributed by atoms with Crippen molar-refractivity contribution in [1.82, 2.24) is 10.6 Å². The smallest absolute Gasteiger partial charge is 0.406 e. The van der Waals surface area contributed by atoms with Gasteiger partial charge in [-0.05, 0) is 48.1 Å². The van der Waals surface area contributed by atoms with Gasteiger partial charge in [0.2, 0.25) is 5.91 Å². The minimum absolute atomic E-state index is 0.0705. The van der Waals surface area contributed by atoms with Crippen LogP contribution in [-0.2, 0) is 17.8 Å². The number of hydrogen-bond acceptors (Lipinski definition) is 5. The van der Waals surface area contributed by atoms with Gasteiger partial charge in [-0.2, -0.15) is 0 Å². The van der Waals surface area contributed by atoms with Crippen molar-refractivity contribution in [2.45, 2.75) is 25.7 Å². The Morgan fingerprint density at radius 3 is 2.79 bits per heavy atom. The lowest BCUT2D eigenvalue weighted by Gasteiger charge is -2.31. The molecule has 0 aliphatic carbocycles. The summed E-state index contributed by atoms with van der Waals surface area (Å²) in [5, 5.41) is 6.75. The molecule has 2 N–H and O–H groups in total. The Bertz CT molecular complexity index is 840. The number of fused-ring (bicyclic) bond motifs is 1. The molecule has 0 saturated heterocycles. The normalized spacial score (nSPS) is 13.6. The Balaban J connectivity index is 1.56. The maximum Gasteiger partial charge on any atom is 0.573 e. The molecular formula is C18H18F3N3O3S. The number of halogens is 3. The number of carbonyl (C=O) groups excluding carboxylic acids is 2. The number of alkyl halides is 3. The summed E-state index contributed by atoms with van der Waals surface area (Å²) in [4.78, 5) is 26.7. The highest BCUT2D eigenvalue weighted by atomic mass is 32.1. The lowest BCUT2D eigenvalue weighted by Crippen LogP contribution is -2.45. The Kier molecular flexibility index (Phi) is 6.08. The van der Waals surface area contributed by atoms with Crippen molar-refractivity contribution in [2.75, 3.05) is 18.0 Å². The van der Waals surface area contributed by atoms with Gasteiger partial charge in [0.05, 0.1) is 13.1 Å². The van der Waals surface area contributed by atoms with E-state index in [1.165, 1.54) is 29.5 Å².